The molecule has 0 saturated carbocycles. The highest BCUT2D eigenvalue weighted by molar-refractivity contribution is 9.11. The van der Waals surface area contributed by atoms with Gasteiger partial charge in [0.15, 0.2) is 0 Å². The number of esters is 2. The van der Waals surface area contributed by atoms with Crippen molar-refractivity contribution in [2.75, 3.05) is 13.2 Å². The summed E-state index contributed by atoms with van der Waals surface area (Å²) in [5.41, 5.74) is 0. The summed E-state index contributed by atoms with van der Waals surface area (Å²) in [5, 5.41) is 0. The molecule has 20 heavy (non-hydrogen) atoms. The summed E-state index contributed by atoms with van der Waals surface area (Å²) in [6.07, 6.45) is 4.62. The van der Waals surface area contributed by atoms with E-state index < -0.39 is 11.9 Å². The van der Waals surface area contributed by atoms with Gasteiger partial charge in [-0.25, -0.2) is 9.59 Å². The maximum atomic E-state index is 11.4. The summed E-state index contributed by atoms with van der Waals surface area (Å²) in [7, 11) is 0. The molecule has 0 fully saturated rings. The van der Waals surface area contributed by atoms with Gasteiger partial charge in [0, 0.05) is 6.42 Å². The lowest BCUT2D eigenvalue weighted by atomic mass is 10.2. The molecule has 6 heteroatoms. The molecule has 112 valence electrons. The van der Waals surface area contributed by atoms with Crippen LogP contribution in [0.4, 0.5) is 0 Å². The van der Waals surface area contributed by atoms with Crippen molar-refractivity contribution >= 4 is 27.9 Å². The monoisotopic (exact) mass is 346 g/mol. The molecule has 0 amide bonds. The average Bonchev–Trinajstić information content (AvgIpc) is 2.36. The minimum atomic E-state index is -0.507. The lowest BCUT2D eigenvalue weighted by molar-refractivity contribution is -0.138. The Morgan fingerprint density at radius 1 is 1.10 bits per heavy atom. The van der Waals surface area contributed by atoms with Crippen LogP contribution in [0.2, 0.25) is 0 Å². The molecule has 0 radical (unpaired) electrons. The first-order valence-electron chi connectivity index (χ1n) is 6.20. The Bertz CT molecular complexity index is 398. The topological polar surface area (TPSA) is 61.8 Å². The first-order valence-corrected chi connectivity index (χ1v) is 6.99. The van der Waals surface area contributed by atoms with Gasteiger partial charge >= 0.3 is 11.9 Å². The van der Waals surface area contributed by atoms with Crippen LogP contribution in [0.1, 0.15) is 26.7 Å². The van der Waals surface area contributed by atoms with Gasteiger partial charge in [0.05, 0.1) is 31.6 Å². The minimum Gasteiger partial charge on any atom is -0.469 e. The van der Waals surface area contributed by atoms with Crippen molar-refractivity contribution in [3.8, 4) is 0 Å². The molecule has 0 rings (SSSR count). The van der Waals surface area contributed by atoms with Crippen molar-refractivity contribution in [2.24, 2.45) is 0 Å². The van der Waals surface area contributed by atoms with Gasteiger partial charge in [0.2, 0.25) is 0 Å². The van der Waals surface area contributed by atoms with E-state index in [2.05, 4.69) is 22.5 Å². The zero-order valence-electron chi connectivity index (χ0n) is 11.7. The number of carbonyl (C=O) groups excluding carboxylic acids is 2. The van der Waals surface area contributed by atoms with Gasteiger partial charge in [-0.15, -0.1) is 0 Å². The van der Waals surface area contributed by atoms with Crippen LogP contribution in [-0.2, 0) is 23.8 Å². The number of halogens is 1. The predicted octanol–water partition coefficient (Wildman–Crippen LogP) is 3.22. The van der Waals surface area contributed by atoms with Crippen molar-refractivity contribution in [3.63, 3.8) is 0 Å². The van der Waals surface area contributed by atoms with E-state index in [1.807, 2.05) is 0 Å². The van der Waals surface area contributed by atoms with Crippen molar-refractivity contribution in [2.45, 2.75) is 26.7 Å². The van der Waals surface area contributed by atoms with E-state index in [0.717, 1.165) is 10.6 Å². The van der Waals surface area contributed by atoms with E-state index in [9.17, 15) is 9.59 Å². The van der Waals surface area contributed by atoms with Crippen LogP contribution in [0, 0.1) is 0 Å². The zero-order chi connectivity index (χ0) is 15.4. The number of ether oxygens (including phenoxy) is 3. The Morgan fingerprint density at radius 3 is 2.25 bits per heavy atom. The molecule has 0 aliphatic rings. The van der Waals surface area contributed by atoms with E-state index in [1.54, 1.807) is 13.8 Å². The third kappa shape index (κ3) is 10.4. The molecule has 0 heterocycles. The summed E-state index contributed by atoms with van der Waals surface area (Å²) < 4.78 is 15.5. The summed E-state index contributed by atoms with van der Waals surface area (Å²) in [6.45, 7) is 7.70. The van der Waals surface area contributed by atoms with Crippen LogP contribution >= 0.6 is 15.9 Å². The lowest BCUT2D eigenvalue weighted by Crippen LogP contribution is -2.03. The molecule has 0 aromatic heterocycles. The molecule has 0 aliphatic heterocycles. The van der Waals surface area contributed by atoms with E-state index in [1.165, 1.54) is 12.3 Å². The maximum Gasteiger partial charge on any atom is 0.334 e. The predicted molar refractivity (Wildman–Crippen MR) is 78.9 cm³/mol. The molecule has 0 N–H and O–H groups in total. The molecule has 0 aromatic rings. The van der Waals surface area contributed by atoms with E-state index >= 15 is 0 Å². The second-order valence-corrected chi connectivity index (χ2v) is 4.67. The number of rotatable bonds is 9. The summed E-state index contributed by atoms with van der Waals surface area (Å²) in [4.78, 5) is 22.5. The van der Waals surface area contributed by atoms with Gasteiger partial charge in [-0.05, 0) is 24.8 Å². The third-order valence-electron chi connectivity index (χ3n) is 1.92. The van der Waals surface area contributed by atoms with Gasteiger partial charge in [-0.3, -0.25) is 0 Å². The van der Waals surface area contributed by atoms with Crippen LogP contribution < -0.4 is 0 Å². The van der Waals surface area contributed by atoms with Crippen LogP contribution in [0.15, 0.2) is 35.2 Å². The molecular formula is C14H19BrO5. The van der Waals surface area contributed by atoms with Crippen molar-refractivity contribution < 1.29 is 23.8 Å². The van der Waals surface area contributed by atoms with Crippen molar-refractivity contribution in [3.05, 3.63) is 35.2 Å². The molecule has 0 aromatic carbocycles. The van der Waals surface area contributed by atoms with Gasteiger partial charge in [0.1, 0.15) is 5.76 Å². The highest BCUT2D eigenvalue weighted by Crippen LogP contribution is 2.16. The van der Waals surface area contributed by atoms with Crippen LogP contribution in [0.5, 0.6) is 0 Å². The highest BCUT2D eigenvalue weighted by Gasteiger charge is 2.04. The van der Waals surface area contributed by atoms with Crippen molar-refractivity contribution in [1.29, 1.82) is 0 Å². The molecule has 5 nitrogen and oxygen atoms in total. The van der Waals surface area contributed by atoms with E-state index in [0.29, 0.717) is 18.6 Å². The fourth-order valence-electron chi connectivity index (χ4n) is 1.11. The largest absolute Gasteiger partial charge is 0.469 e. The minimum absolute atomic E-state index is 0.284. The number of hydrogen-bond donors (Lipinski definition) is 0. The zero-order valence-corrected chi connectivity index (χ0v) is 13.3. The Morgan fingerprint density at radius 2 is 1.70 bits per heavy atom. The van der Waals surface area contributed by atoms with Gasteiger partial charge < -0.3 is 14.2 Å². The van der Waals surface area contributed by atoms with E-state index in [4.69, 9.17) is 14.2 Å². The smallest absolute Gasteiger partial charge is 0.334 e. The Labute approximate surface area is 127 Å². The van der Waals surface area contributed by atoms with Crippen LogP contribution in [0.3, 0.4) is 0 Å². The third-order valence-corrected chi connectivity index (χ3v) is 2.31. The molecule has 0 unspecified atom stereocenters. The van der Waals surface area contributed by atoms with E-state index in [-0.39, 0.29) is 13.2 Å². The number of carbonyl (C=O) groups is 2. The van der Waals surface area contributed by atoms with Gasteiger partial charge in [-0.2, -0.15) is 0 Å². The molecule has 0 atom stereocenters. The molecule has 0 saturated heterocycles. The normalized spacial score (nSPS) is 11.2. The molecule has 0 aliphatic carbocycles. The molecule has 0 bridgehead atoms. The SMILES string of the molecule is C=C(Br)CC/C(=C/C(=O)OCC)O/C=C/C(=O)OCC. The number of hydrogen-bond acceptors (Lipinski definition) is 5. The first kappa shape index (κ1) is 18.4. The highest BCUT2D eigenvalue weighted by atomic mass is 79.9. The first-order chi connectivity index (χ1) is 9.49. The summed E-state index contributed by atoms with van der Waals surface area (Å²) in [5.74, 6) is -0.621. The summed E-state index contributed by atoms with van der Waals surface area (Å²) in [6, 6.07) is 0. The van der Waals surface area contributed by atoms with Gasteiger partial charge in [0.25, 0.3) is 0 Å². The number of allylic oxidation sites excluding steroid dienone is 2. The van der Waals surface area contributed by atoms with Crippen LogP contribution in [0.25, 0.3) is 0 Å². The quantitative estimate of drug-likeness (QED) is 0.364. The second-order valence-electron chi connectivity index (χ2n) is 3.55. The average molecular weight is 347 g/mol. The molecular weight excluding hydrogens is 328 g/mol. The van der Waals surface area contributed by atoms with Crippen molar-refractivity contribution in [1.82, 2.24) is 0 Å². The second kappa shape index (κ2) is 11.3. The Hall–Kier alpha value is -1.56. The fraction of sp³-hybridized carbons (Fsp3) is 0.429. The van der Waals surface area contributed by atoms with Crippen LogP contribution in [-0.4, -0.2) is 25.2 Å². The maximum absolute atomic E-state index is 11.4. The van der Waals surface area contributed by atoms with Gasteiger partial charge in [-0.1, -0.05) is 22.5 Å². The Balaban J connectivity index is 4.56. The molecule has 0 spiro atoms. The fourth-order valence-corrected chi connectivity index (χ4v) is 1.30. The Kier molecular flexibility index (Phi) is 10.4. The standard InChI is InChI=1S/C14H19BrO5/c1-4-18-13(16)8-9-20-12(7-6-11(3)15)10-14(17)19-5-2/h8-10H,3-7H2,1-2H3/b9-8+,12-10-. The summed E-state index contributed by atoms with van der Waals surface area (Å²) >= 11 is 3.23. The lowest BCUT2D eigenvalue weighted by Gasteiger charge is -2.06.